The van der Waals surface area contributed by atoms with Crippen molar-refractivity contribution in [1.82, 2.24) is 0 Å². The third-order valence-electron chi connectivity index (χ3n) is 0.315. The normalized spacial score (nSPS) is 13.1. The Kier molecular flexibility index (Phi) is 4.86. The molecule has 0 fully saturated rings. The summed E-state index contributed by atoms with van der Waals surface area (Å²) in [5, 5.41) is 23.5. The molecule has 0 unspecified atom stereocenters. The van der Waals surface area contributed by atoms with Crippen molar-refractivity contribution in [2.24, 2.45) is 32.0 Å². The topological polar surface area (TPSA) is 123 Å². The SMILES string of the molecule is NN=NN=NN=[N+]([O-])OS. The lowest BCUT2D eigenvalue weighted by atomic mass is 12.4. The van der Waals surface area contributed by atoms with Crippen LogP contribution in [0.2, 0.25) is 0 Å². The number of nitrogens with two attached hydrogens (primary N) is 1. The summed E-state index contributed by atoms with van der Waals surface area (Å²) in [6.07, 6.45) is 0. The molecule has 0 aromatic rings. The van der Waals surface area contributed by atoms with Crippen LogP contribution in [0.25, 0.3) is 0 Å². The number of hydrogen-bond donors (Lipinski definition) is 2. The van der Waals surface area contributed by atoms with Gasteiger partial charge in [0.15, 0.2) is 0 Å². The van der Waals surface area contributed by atoms with E-state index in [9.17, 15) is 5.21 Å². The number of nitrogens with zero attached hydrogens (tertiary/aromatic N) is 6. The maximum absolute atomic E-state index is 9.97. The summed E-state index contributed by atoms with van der Waals surface area (Å²) in [7, 11) is 0. The standard InChI is InChI=1S/H3N7O2S/c1-2-3-4-5-6-7(8)9-10/h10H,(H2,1,3,5). The molecule has 9 nitrogen and oxygen atoms in total. The summed E-state index contributed by atoms with van der Waals surface area (Å²) in [6, 6.07) is 0. The highest BCUT2D eigenvalue weighted by molar-refractivity contribution is 7.74. The monoisotopic (exact) mass is 165 g/mol. The Morgan fingerprint density at radius 3 is 2.60 bits per heavy atom. The van der Waals surface area contributed by atoms with Crippen LogP contribution in [0.1, 0.15) is 0 Å². The minimum atomic E-state index is -0.293. The van der Waals surface area contributed by atoms with Gasteiger partial charge in [0.05, 0.1) is 5.02 Å². The Bertz CT molecular complexity index is 159. The van der Waals surface area contributed by atoms with Gasteiger partial charge in [-0.1, -0.05) is 18.1 Å². The van der Waals surface area contributed by atoms with E-state index in [1.807, 2.05) is 0 Å². The molecule has 0 rings (SSSR count). The van der Waals surface area contributed by atoms with Gasteiger partial charge in [-0.15, -0.1) is 0 Å². The molecule has 0 atom stereocenters. The van der Waals surface area contributed by atoms with Crippen LogP contribution in [0, 0.1) is 5.21 Å². The van der Waals surface area contributed by atoms with Crippen LogP contribution < -0.4 is 5.84 Å². The summed E-state index contributed by atoms with van der Waals surface area (Å²) >= 11 is 3.08. The van der Waals surface area contributed by atoms with Gasteiger partial charge < -0.3 is 15.3 Å². The van der Waals surface area contributed by atoms with Gasteiger partial charge in [-0.3, -0.25) is 0 Å². The molecule has 2 N–H and O–H groups in total. The van der Waals surface area contributed by atoms with E-state index >= 15 is 0 Å². The first-order valence-corrected chi connectivity index (χ1v) is 2.17. The Hall–Kier alpha value is -1.45. The molecule has 0 spiro atoms. The molecule has 0 saturated carbocycles. The molecule has 0 aliphatic rings. The van der Waals surface area contributed by atoms with Crippen molar-refractivity contribution in [2.75, 3.05) is 0 Å². The highest BCUT2D eigenvalue weighted by Gasteiger charge is 1.83. The number of hydrogen-bond acceptors (Lipinski definition) is 4. The predicted octanol–water partition coefficient (Wildman–Crippen LogP) is 0.333. The molecule has 10 heavy (non-hydrogen) atoms. The van der Waals surface area contributed by atoms with E-state index in [1.165, 1.54) is 0 Å². The maximum atomic E-state index is 9.97. The summed E-state index contributed by atoms with van der Waals surface area (Å²) < 4.78 is 3.68. The van der Waals surface area contributed by atoms with Gasteiger partial charge in [-0.05, 0) is 0 Å². The lowest BCUT2D eigenvalue weighted by Crippen LogP contribution is -1.89. The minimum absolute atomic E-state index is 0.293. The van der Waals surface area contributed by atoms with Crippen LogP contribution in [-0.2, 0) is 4.28 Å². The van der Waals surface area contributed by atoms with Crippen molar-refractivity contribution in [3.63, 3.8) is 0 Å². The first-order chi connectivity index (χ1) is 4.81. The van der Waals surface area contributed by atoms with Crippen LogP contribution in [-0.4, -0.2) is 5.02 Å². The molecule has 0 aliphatic heterocycles. The van der Waals surface area contributed by atoms with Crippen LogP contribution in [0.3, 0.4) is 0 Å². The zero-order valence-electron chi connectivity index (χ0n) is 4.52. The molecule has 0 saturated heterocycles. The van der Waals surface area contributed by atoms with Crippen molar-refractivity contribution < 1.29 is 9.31 Å². The summed E-state index contributed by atoms with van der Waals surface area (Å²) in [4.78, 5) is 0. The zero-order valence-corrected chi connectivity index (χ0v) is 5.42. The Morgan fingerprint density at radius 1 is 1.40 bits per heavy atom. The molecule has 0 aromatic heterocycles. The highest BCUT2D eigenvalue weighted by Crippen LogP contribution is 1.84. The van der Waals surface area contributed by atoms with Crippen molar-refractivity contribution in [2.45, 2.75) is 0 Å². The van der Waals surface area contributed by atoms with Crippen LogP contribution in [0.4, 0.5) is 0 Å². The average Bonchev–Trinajstić information content (AvgIpc) is 1.98. The van der Waals surface area contributed by atoms with Gasteiger partial charge in [-0.2, -0.15) is 0 Å². The first-order valence-electron chi connectivity index (χ1n) is 1.81. The lowest BCUT2D eigenvalue weighted by Gasteiger charge is -1.91. The Labute approximate surface area is 60.4 Å². The molecule has 0 radical (unpaired) electrons. The van der Waals surface area contributed by atoms with E-state index in [0.717, 1.165) is 0 Å². The van der Waals surface area contributed by atoms with Crippen molar-refractivity contribution in [1.29, 1.82) is 0 Å². The number of thiol groups is 1. The molecule has 0 aromatic carbocycles. The lowest BCUT2D eigenvalue weighted by molar-refractivity contribution is -0.744. The molecule has 0 aliphatic carbocycles. The molecule has 0 heterocycles. The van der Waals surface area contributed by atoms with Gasteiger partial charge in [-0.25, -0.2) is 0 Å². The second kappa shape index (κ2) is 5.68. The molecule has 56 valence electrons. The molecule has 10 heteroatoms. The smallest absolute Gasteiger partial charge is 0.230 e. The van der Waals surface area contributed by atoms with Crippen LogP contribution in [0.15, 0.2) is 26.1 Å². The number of rotatable bonds is 3. The molecule has 0 bridgehead atoms. The molecule has 0 amide bonds. The largest absolute Gasteiger partial charge is 0.394 e. The van der Waals surface area contributed by atoms with E-state index in [4.69, 9.17) is 0 Å². The van der Waals surface area contributed by atoms with Gasteiger partial charge >= 0.3 is 0 Å². The summed E-state index contributed by atoms with van der Waals surface area (Å²) in [6.45, 7) is 0. The maximum Gasteiger partial charge on any atom is 0.230 e. The summed E-state index contributed by atoms with van der Waals surface area (Å²) in [5.41, 5.74) is 0. The third kappa shape index (κ3) is 4.70. The summed E-state index contributed by atoms with van der Waals surface area (Å²) in [5.74, 6) is 4.50. The average molecular weight is 165 g/mol. The van der Waals surface area contributed by atoms with Crippen LogP contribution in [0.5, 0.6) is 0 Å². The minimum Gasteiger partial charge on any atom is -0.394 e. The van der Waals surface area contributed by atoms with E-state index in [0.29, 0.717) is 0 Å². The highest BCUT2D eigenvalue weighted by atomic mass is 32.1. The van der Waals surface area contributed by atoms with Gasteiger partial charge in [0.1, 0.15) is 5.22 Å². The van der Waals surface area contributed by atoms with Gasteiger partial charge in [0.2, 0.25) is 10.4 Å². The first kappa shape index (κ1) is 8.55. The van der Waals surface area contributed by atoms with E-state index in [-0.39, 0.29) is 5.02 Å². The fraction of sp³-hybridized carbons (Fsp3) is 0. The predicted molar refractivity (Wildman–Crippen MR) is 30.0 cm³/mol. The van der Waals surface area contributed by atoms with Gasteiger partial charge in [0, 0.05) is 5.22 Å². The van der Waals surface area contributed by atoms with Crippen molar-refractivity contribution >= 4 is 12.9 Å². The van der Waals surface area contributed by atoms with Crippen molar-refractivity contribution in [3.8, 4) is 0 Å². The fourth-order valence-electron chi connectivity index (χ4n) is 0.108. The zero-order chi connectivity index (χ0) is 7.82. The van der Waals surface area contributed by atoms with Crippen LogP contribution >= 0.6 is 12.9 Å². The van der Waals surface area contributed by atoms with E-state index in [2.05, 4.69) is 49.2 Å². The quantitative estimate of drug-likeness (QED) is 0.206. The van der Waals surface area contributed by atoms with Crippen molar-refractivity contribution in [3.05, 3.63) is 5.21 Å². The van der Waals surface area contributed by atoms with E-state index < -0.39 is 0 Å². The molecular formula is H3N7O2S. The second-order valence-corrected chi connectivity index (χ2v) is 0.956. The second-order valence-electron chi connectivity index (χ2n) is 0.793. The van der Waals surface area contributed by atoms with E-state index in [1.54, 1.807) is 0 Å². The Morgan fingerprint density at radius 2 is 2.10 bits per heavy atom. The molecular weight excluding hydrogens is 162 g/mol. The Balaban J connectivity index is 3.70. The third-order valence-corrected chi connectivity index (χ3v) is 0.454. The van der Waals surface area contributed by atoms with Gasteiger partial charge in [0.25, 0.3) is 0 Å². The fourth-order valence-corrected chi connectivity index (χ4v) is 0.141.